The third kappa shape index (κ3) is 2.27. The predicted molar refractivity (Wildman–Crippen MR) is 57.2 cm³/mol. The molecular formula is C11H15N3O. The summed E-state index contributed by atoms with van der Waals surface area (Å²) in [7, 11) is 0. The summed E-state index contributed by atoms with van der Waals surface area (Å²) in [5, 5.41) is 0. The molecule has 80 valence electrons. The van der Waals surface area contributed by atoms with Crippen molar-refractivity contribution in [2.75, 3.05) is 0 Å². The highest BCUT2D eigenvalue weighted by atomic mass is 16.3. The third-order valence-electron chi connectivity index (χ3n) is 2.39. The molecule has 0 aliphatic heterocycles. The van der Waals surface area contributed by atoms with E-state index in [4.69, 9.17) is 10.2 Å². The average Bonchev–Trinajstić information content (AvgIpc) is 2.86. The van der Waals surface area contributed by atoms with E-state index in [0.29, 0.717) is 0 Å². The van der Waals surface area contributed by atoms with Gasteiger partial charge >= 0.3 is 0 Å². The van der Waals surface area contributed by atoms with E-state index < -0.39 is 0 Å². The summed E-state index contributed by atoms with van der Waals surface area (Å²) in [5.74, 6) is 0.985. The topological polar surface area (TPSA) is 57.0 Å². The van der Waals surface area contributed by atoms with E-state index in [2.05, 4.69) is 9.55 Å². The van der Waals surface area contributed by atoms with E-state index in [-0.39, 0.29) is 6.04 Å². The van der Waals surface area contributed by atoms with E-state index in [9.17, 15) is 0 Å². The highest BCUT2D eigenvalue weighted by Crippen LogP contribution is 2.10. The molecule has 0 radical (unpaired) electrons. The Morgan fingerprint density at radius 1 is 1.60 bits per heavy atom. The van der Waals surface area contributed by atoms with Gasteiger partial charge in [-0.2, -0.15) is 0 Å². The van der Waals surface area contributed by atoms with E-state index in [1.165, 1.54) is 0 Å². The maximum atomic E-state index is 5.82. The zero-order valence-electron chi connectivity index (χ0n) is 8.76. The number of furan rings is 1. The van der Waals surface area contributed by atoms with Crippen LogP contribution in [0.1, 0.15) is 24.4 Å². The van der Waals surface area contributed by atoms with Crippen molar-refractivity contribution in [3.8, 4) is 0 Å². The van der Waals surface area contributed by atoms with Gasteiger partial charge < -0.3 is 14.7 Å². The number of imidazole rings is 1. The molecule has 0 aliphatic rings. The van der Waals surface area contributed by atoms with Crippen molar-refractivity contribution >= 4 is 0 Å². The molecule has 1 atom stereocenters. The van der Waals surface area contributed by atoms with Gasteiger partial charge in [0.2, 0.25) is 0 Å². The van der Waals surface area contributed by atoms with Crippen molar-refractivity contribution in [2.45, 2.75) is 25.9 Å². The SMILES string of the molecule is C[C@H](N)c1cncn1CCc1ccco1. The number of rotatable bonds is 4. The van der Waals surface area contributed by atoms with Gasteiger partial charge in [0.1, 0.15) is 5.76 Å². The largest absolute Gasteiger partial charge is 0.469 e. The minimum atomic E-state index is 0.0177. The maximum Gasteiger partial charge on any atom is 0.105 e. The van der Waals surface area contributed by atoms with Gasteiger partial charge in [-0.3, -0.25) is 0 Å². The smallest absolute Gasteiger partial charge is 0.105 e. The number of hydrogen-bond donors (Lipinski definition) is 1. The van der Waals surface area contributed by atoms with Crippen molar-refractivity contribution in [3.05, 3.63) is 42.4 Å². The summed E-state index contributed by atoms with van der Waals surface area (Å²) in [4.78, 5) is 4.10. The van der Waals surface area contributed by atoms with Crippen LogP contribution in [0, 0.1) is 0 Å². The Bertz CT molecular complexity index is 403. The molecular weight excluding hydrogens is 190 g/mol. The zero-order valence-corrected chi connectivity index (χ0v) is 8.76. The fourth-order valence-corrected chi connectivity index (χ4v) is 1.58. The highest BCUT2D eigenvalue weighted by Gasteiger charge is 2.06. The lowest BCUT2D eigenvalue weighted by molar-refractivity contribution is 0.486. The van der Waals surface area contributed by atoms with E-state index in [0.717, 1.165) is 24.4 Å². The molecule has 2 heterocycles. The van der Waals surface area contributed by atoms with Gasteiger partial charge in [0.15, 0.2) is 0 Å². The molecule has 0 amide bonds. The first-order valence-electron chi connectivity index (χ1n) is 5.05. The van der Waals surface area contributed by atoms with Gasteiger partial charge in [-0.05, 0) is 19.1 Å². The summed E-state index contributed by atoms with van der Waals surface area (Å²) >= 11 is 0. The average molecular weight is 205 g/mol. The molecule has 0 bridgehead atoms. The quantitative estimate of drug-likeness (QED) is 0.827. The van der Waals surface area contributed by atoms with E-state index >= 15 is 0 Å². The Kier molecular flexibility index (Phi) is 2.87. The first-order valence-corrected chi connectivity index (χ1v) is 5.05. The van der Waals surface area contributed by atoms with Crippen LogP contribution in [0.15, 0.2) is 35.3 Å². The Morgan fingerprint density at radius 3 is 3.13 bits per heavy atom. The normalized spacial score (nSPS) is 12.9. The van der Waals surface area contributed by atoms with Crippen LogP contribution in [0.4, 0.5) is 0 Å². The molecule has 15 heavy (non-hydrogen) atoms. The summed E-state index contributed by atoms with van der Waals surface area (Å²) in [6, 6.07) is 3.89. The Labute approximate surface area is 88.7 Å². The fourth-order valence-electron chi connectivity index (χ4n) is 1.58. The molecule has 4 nitrogen and oxygen atoms in total. The van der Waals surface area contributed by atoms with Crippen LogP contribution in [0.2, 0.25) is 0 Å². The molecule has 0 fully saturated rings. The molecule has 4 heteroatoms. The van der Waals surface area contributed by atoms with Crippen LogP contribution in [0.25, 0.3) is 0 Å². The lowest BCUT2D eigenvalue weighted by Crippen LogP contribution is -2.12. The summed E-state index contributed by atoms with van der Waals surface area (Å²) < 4.78 is 7.33. The lowest BCUT2D eigenvalue weighted by atomic mass is 10.2. The Hall–Kier alpha value is -1.55. The van der Waals surface area contributed by atoms with Crippen molar-refractivity contribution < 1.29 is 4.42 Å². The van der Waals surface area contributed by atoms with Crippen LogP contribution >= 0.6 is 0 Å². The van der Waals surface area contributed by atoms with Gasteiger partial charge in [0.05, 0.1) is 18.3 Å². The number of aromatic nitrogens is 2. The standard InChI is InChI=1S/C11H15N3O/c1-9(12)11-7-13-8-14(11)5-4-10-3-2-6-15-10/h2-3,6-9H,4-5,12H2,1H3/t9-/m0/s1. The molecule has 2 rings (SSSR count). The molecule has 2 N–H and O–H groups in total. The van der Waals surface area contributed by atoms with Gasteiger partial charge in [0.25, 0.3) is 0 Å². The van der Waals surface area contributed by atoms with E-state index in [1.807, 2.05) is 31.6 Å². The summed E-state index contributed by atoms with van der Waals surface area (Å²) in [6.07, 6.45) is 6.17. The molecule has 0 unspecified atom stereocenters. The molecule has 2 aromatic heterocycles. The first kappa shape index (κ1) is 9.98. The Balaban J connectivity index is 2.02. The second kappa shape index (κ2) is 4.31. The van der Waals surface area contributed by atoms with Crippen molar-refractivity contribution in [2.24, 2.45) is 5.73 Å². The molecule has 0 aromatic carbocycles. The highest BCUT2D eigenvalue weighted by molar-refractivity contribution is 5.04. The molecule has 2 aromatic rings. The fraction of sp³-hybridized carbons (Fsp3) is 0.364. The first-order chi connectivity index (χ1) is 7.27. The zero-order chi connectivity index (χ0) is 10.7. The van der Waals surface area contributed by atoms with Crippen LogP contribution in [-0.2, 0) is 13.0 Å². The summed E-state index contributed by atoms with van der Waals surface area (Å²) in [6.45, 7) is 2.81. The minimum absolute atomic E-state index is 0.0177. The molecule has 0 saturated carbocycles. The van der Waals surface area contributed by atoms with Gasteiger partial charge in [0, 0.05) is 25.2 Å². The van der Waals surface area contributed by atoms with Gasteiger partial charge in [-0.1, -0.05) is 0 Å². The number of nitrogens with zero attached hydrogens (tertiary/aromatic N) is 2. The Morgan fingerprint density at radius 2 is 2.47 bits per heavy atom. The number of hydrogen-bond acceptors (Lipinski definition) is 3. The number of nitrogens with two attached hydrogens (primary N) is 1. The number of aryl methyl sites for hydroxylation is 2. The lowest BCUT2D eigenvalue weighted by Gasteiger charge is -2.09. The monoisotopic (exact) mass is 205 g/mol. The van der Waals surface area contributed by atoms with Crippen molar-refractivity contribution in [3.63, 3.8) is 0 Å². The van der Waals surface area contributed by atoms with Crippen LogP contribution in [0.5, 0.6) is 0 Å². The van der Waals surface area contributed by atoms with Gasteiger partial charge in [-0.25, -0.2) is 4.98 Å². The molecule has 0 saturated heterocycles. The van der Waals surface area contributed by atoms with Crippen molar-refractivity contribution in [1.82, 2.24) is 9.55 Å². The molecule has 0 aliphatic carbocycles. The molecule has 0 spiro atoms. The van der Waals surface area contributed by atoms with Crippen LogP contribution in [-0.4, -0.2) is 9.55 Å². The van der Waals surface area contributed by atoms with E-state index in [1.54, 1.807) is 6.26 Å². The van der Waals surface area contributed by atoms with Gasteiger partial charge in [-0.15, -0.1) is 0 Å². The predicted octanol–water partition coefficient (Wildman–Crippen LogP) is 1.74. The third-order valence-corrected chi connectivity index (χ3v) is 2.39. The minimum Gasteiger partial charge on any atom is -0.469 e. The van der Waals surface area contributed by atoms with Crippen molar-refractivity contribution in [1.29, 1.82) is 0 Å². The van der Waals surface area contributed by atoms with Crippen LogP contribution in [0.3, 0.4) is 0 Å². The maximum absolute atomic E-state index is 5.82. The van der Waals surface area contributed by atoms with Crippen LogP contribution < -0.4 is 5.73 Å². The summed E-state index contributed by atoms with van der Waals surface area (Å²) in [5.41, 5.74) is 6.88. The second-order valence-corrected chi connectivity index (χ2v) is 3.63. The second-order valence-electron chi connectivity index (χ2n) is 3.63.